The van der Waals surface area contributed by atoms with Crippen molar-refractivity contribution in [2.45, 2.75) is 52.7 Å². The van der Waals surface area contributed by atoms with Gasteiger partial charge in [-0.05, 0) is 33.2 Å². The Morgan fingerprint density at radius 3 is 2.20 bits per heavy atom. The van der Waals surface area contributed by atoms with Gasteiger partial charge in [-0.25, -0.2) is 0 Å². The summed E-state index contributed by atoms with van der Waals surface area (Å²) < 4.78 is 0. The predicted octanol–water partition coefficient (Wildman–Crippen LogP) is 1.49. The summed E-state index contributed by atoms with van der Waals surface area (Å²) in [6, 6.07) is 0.546. The summed E-state index contributed by atoms with van der Waals surface area (Å²) in [5, 5.41) is 18.7. The van der Waals surface area contributed by atoms with E-state index in [-0.39, 0.29) is 18.6 Å². The molecule has 15 heavy (non-hydrogen) atoms. The van der Waals surface area contributed by atoms with Gasteiger partial charge < -0.3 is 15.1 Å². The lowest BCUT2D eigenvalue weighted by Crippen LogP contribution is -2.31. The molecule has 0 aromatic rings. The second kappa shape index (κ2) is 8.08. The molecule has 1 rings (SSSR count). The maximum absolute atomic E-state index is 9.66. The quantitative estimate of drug-likeness (QED) is 0.736. The van der Waals surface area contributed by atoms with Crippen molar-refractivity contribution in [3.8, 4) is 0 Å². The van der Waals surface area contributed by atoms with Crippen molar-refractivity contribution in [1.29, 1.82) is 0 Å². The lowest BCUT2D eigenvalue weighted by molar-refractivity contribution is 0.0653. The van der Waals surface area contributed by atoms with Crippen LogP contribution in [0.25, 0.3) is 0 Å². The number of aliphatic hydroxyl groups excluding tert-OH is 2. The highest BCUT2D eigenvalue weighted by molar-refractivity contribution is 4.77. The van der Waals surface area contributed by atoms with Crippen LogP contribution in [0.1, 0.15) is 40.5 Å². The van der Waals surface area contributed by atoms with Crippen LogP contribution in [0.5, 0.6) is 0 Å². The first-order valence-corrected chi connectivity index (χ1v) is 6.18. The Morgan fingerprint density at radius 1 is 1.20 bits per heavy atom. The summed E-state index contributed by atoms with van der Waals surface area (Å²) in [5.74, 6) is 0.0868. The van der Waals surface area contributed by atoms with Crippen LogP contribution >= 0.6 is 0 Å². The zero-order valence-electron chi connectivity index (χ0n) is 10.6. The van der Waals surface area contributed by atoms with E-state index in [4.69, 9.17) is 5.11 Å². The van der Waals surface area contributed by atoms with E-state index < -0.39 is 0 Å². The van der Waals surface area contributed by atoms with Gasteiger partial charge in [0.05, 0.1) is 6.10 Å². The minimum absolute atomic E-state index is 0.0868. The maximum Gasteiger partial charge on any atom is 0.0603 e. The molecule has 92 valence electrons. The summed E-state index contributed by atoms with van der Waals surface area (Å²) in [5.41, 5.74) is 0. The molecule has 0 bridgehead atoms. The van der Waals surface area contributed by atoms with Gasteiger partial charge in [0, 0.05) is 25.1 Å². The Hall–Kier alpha value is -0.120. The number of hydrogen-bond acceptors (Lipinski definition) is 3. The monoisotopic (exact) mass is 217 g/mol. The first-order chi connectivity index (χ1) is 7.15. The van der Waals surface area contributed by atoms with E-state index >= 15 is 0 Å². The molecule has 0 aromatic carbocycles. The standard InChI is InChI=1S/C10H21NO2.C2H6/c1-8(2)11-5-3-9(7-12)10(13)4-6-11;1-2/h8-10,12-13H,3-7H2,1-2H3;1-2H3. The van der Waals surface area contributed by atoms with Gasteiger partial charge in [-0.2, -0.15) is 0 Å². The molecule has 2 N–H and O–H groups in total. The van der Waals surface area contributed by atoms with E-state index in [9.17, 15) is 5.11 Å². The normalized spacial score (nSPS) is 28.2. The lowest BCUT2D eigenvalue weighted by atomic mass is 9.99. The molecule has 1 saturated heterocycles. The van der Waals surface area contributed by atoms with Crippen molar-refractivity contribution in [3.63, 3.8) is 0 Å². The topological polar surface area (TPSA) is 43.7 Å². The Kier molecular flexibility index (Phi) is 8.02. The fourth-order valence-electron chi connectivity index (χ4n) is 1.90. The third kappa shape index (κ3) is 4.96. The number of hydrogen-bond donors (Lipinski definition) is 2. The van der Waals surface area contributed by atoms with Gasteiger partial charge in [-0.1, -0.05) is 13.8 Å². The molecule has 1 heterocycles. The fourth-order valence-corrected chi connectivity index (χ4v) is 1.90. The van der Waals surface area contributed by atoms with Crippen LogP contribution in [-0.2, 0) is 0 Å². The van der Waals surface area contributed by atoms with Crippen molar-refractivity contribution in [3.05, 3.63) is 0 Å². The molecule has 0 aliphatic carbocycles. The molecule has 0 spiro atoms. The molecule has 0 saturated carbocycles. The van der Waals surface area contributed by atoms with Crippen molar-refractivity contribution in [2.24, 2.45) is 5.92 Å². The zero-order valence-corrected chi connectivity index (χ0v) is 10.6. The van der Waals surface area contributed by atoms with Crippen LogP contribution < -0.4 is 0 Å². The molecular weight excluding hydrogens is 190 g/mol. The number of nitrogens with zero attached hydrogens (tertiary/aromatic N) is 1. The van der Waals surface area contributed by atoms with E-state index in [1.807, 2.05) is 13.8 Å². The predicted molar refractivity (Wildman–Crippen MR) is 63.9 cm³/mol. The Morgan fingerprint density at radius 2 is 1.73 bits per heavy atom. The molecule has 1 fully saturated rings. The molecule has 1 aliphatic rings. The molecule has 1 aliphatic heterocycles. The molecule has 3 heteroatoms. The largest absolute Gasteiger partial charge is 0.396 e. The van der Waals surface area contributed by atoms with Crippen molar-refractivity contribution in [1.82, 2.24) is 4.90 Å². The van der Waals surface area contributed by atoms with Crippen LogP contribution in [-0.4, -0.2) is 47.0 Å². The van der Waals surface area contributed by atoms with Gasteiger partial charge in [-0.3, -0.25) is 0 Å². The van der Waals surface area contributed by atoms with Crippen LogP contribution in [0.2, 0.25) is 0 Å². The Labute approximate surface area is 94.1 Å². The maximum atomic E-state index is 9.66. The second-order valence-corrected chi connectivity index (χ2v) is 4.22. The van der Waals surface area contributed by atoms with Crippen LogP contribution in [0.15, 0.2) is 0 Å². The second-order valence-electron chi connectivity index (χ2n) is 4.22. The minimum Gasteiger partial charge on any atom is -0.396 e. The van der Waals surface area contributed by atoms with E-state index in [2.05, 4.69) is 18.7 Å². The molecule has 3 nitrogen and oxygen atoms in total. The Bertz CT molecular complexity index is 151. The smallest absolute Gasteiger partial charge is 0.0603 e. The van der Waals surface area contributed by atoms with Gasteiger partial charge in [0.1, 0.15) is 0 Å². The van der Waals surface area contributed by atoms with Gasteiger partial charge in [0.25, 0.3) is 0 Å². The molecule has 0 amide bonds. The van der Waals surface area contributed by atoms with Gasteiger partial charge in [-0.15, -0.1) is 0 Å². The van der Waals surface area contributed by atoms with Crippen LogP contribution in [0.4, 0.5) is 0 Å². The Balaban J connectivity index is 0.000000921. The van der Waals surface area contributed by atoms with Gasteiger partial charge in [0.15, 0.2) is 0 Å². The summed E-state index contributed by atoms with van der Waals surface area (Å²) in [7, 11) is 0. The molecule has 2 atom stereocenters. The minimum atomic E-state index is -0.311. The highest BCUT2D eigenvalue weighted by Crippen LogP contribution is 2.18. The highest BCUT2D eigenvalue weighted by Gasteiger charge is 2.24. The average molecular weight is 217 g/mol. The summed E-state index contributed by atoms with van der Waals surface area (Å²) in [4.78, 5) is 2.36. The third-order valence-electron chi connectivity index (χ3n) is 3.01. The molecule has 0 aromatic heterocycles. The van der Waals surface area contributed by atoms with E-state index in [0.29, 0.717) is 6.04 Å². The number of rotatable bonds is 2. The number of likely N-dealkylation sites (tertiary alicyclic amines) is 1. The van der Waals surface area contributed by atoms with Crippen molar-refractivity contribution in [2.75, 3.05) is 19.7 Å². The van der Waals surface area contributed by atoms with Crippen molar-refractivity contribution >= 4 is 0 Å². The summed E-state index contributed by atoms with van der Waals surface area (Å²) >= 11 is 0. The van der Waals surface area contributed by atoms with E-state index in [1.165, 1.54) is 0 Å². The van der Waals surface area contributed by atoms with Gasteiger partial charge in [0.2, 0.25) is 0 Å². The first kappa shape index (κ1) is 14.9. The van der Waals surface area contributed by atoms with Crippen LogP contribution in [0, 0.1) is 5.92 Å². The van der Waals surface area contributed by atoms with E-state index in [0.717, 1.165) is 25.9 Å². The average Bonchev–Trinajstić information content (AvgIpc) is 2.43. The molecular formula is C12H27NO2. The van der Waals surface area contributed by atoms with Gasteiger partial charge >= 0.3 is 0 Å². The molecule has 2 unspecified atom stereocenters. The molecule has 0 radical (unpaired) electrons. The first-order valence-electron chi connectivity index (χ1n) is 6.18. The number of aliphatic hydroxyl groups is 2. The highest BCUT2D eigenvalue weighted by atomic mass is 16.3. The fraction of sp³-hybridized carbons (Fsp3) is 1.00. The summed E-state index contributed by atoms with van der Waals surface area (Å²) in [6.07, 6.45) is 1.40. The zero-order chi connectivity index (χ0) is 11.8. The van der Waals surface area contributed by atoms with Crippen molar-refractivity contribution < 1.29 is 10.2 Å². The van der Waals surface area contributed by atoms with Crippen LogP contribution in [0.3, 0.4) is 0 Å². The summed E-state index contributed by atoms with van der Waals surface area (Å²) in [6.45, 7) is 10.4. The third-order valence-corrected chi connectivity index (χ3v) is 3.01. The SMILES string of the molecule is CC.CC(C)N1CCC(O)C(CO)CC1. The van der Waals surface area contributed by atoms with E-state index in [1.54, 1.807) is 0 Å². The lowest BCUT2D eigenvalue weighted by Gasteiger charge is -2.24.